The topological polar surface area (TPSA) is 81.2 Å². The van der Waals surface area contributed by atoms with Crippen molar-refractivity contribution in [2.75, 3.05) is 66.5 Å². The van der Waals surface area contributed by atoms with Gasteiger partial charge in [0.05, 0.1) is 6.61 Å². The van der Waals surface area contributed by atoms with E-state index >= 15 is 0 Å². The first-order valence-corrected chi connectivity index (χ1v) is 36.7. The van der Waals surface area contributed by atoms with Gasteiger partial charge in [-0.2, -0.15) is 0 Å². The number of likely N-dealkylation sites (N-methyl/N-ethyl adjacent to an activating group) is 1. The van der Waals surface area contributed by atoms with Gasteiger partial charge in [0.1, 0.15) is 18.9 Å². The zero-order valence-corrected chi connectivity index (χ0v) is 65.0. The normalized spacial score (nSPS) is 11.9. The molecule has 0 unspecified atom stereocenters. The van der Waals surface area contributed by atoms with E-state index in [0.29, 0.717) is 23.6 Å². The molecule has 7 nitrogen and oxygen atoms in total. The number of aldehydes is 3. The monoisotopic (exact) mass is 1620 g/mol. The summed E-state index contributed by atoms with van der Waals surface area (Å²) in [6.07, 6.45) is 16.1. The molecule has 0 saturated heterocycles. The number of hydrogen-bond acceptors (Lipinski definition) is 7. The third-order valence-corrected chi connectivity index (χ3v) is 20.0. The van der Waals surface area contributed by atoms with Crippen molar-refractivity contribution in [1.82, 2.24) is 0 Å². The van der Waals surface area contributed by atoms with Gasteiger partial charge in [-0.05, 0) is 220 Å². The first-order valence-electron chi connectivity index (χ1n) is 32.0. The van der Waals surface area contributed by atoms with Gasteiger partial charge in [-0.3, -0.25) is 14.4 Å². The van der Waals surface area contributed by atoms with E-state index in [1.54, 1.807) is 12.1 Å². The zero-order valence-electron chi connectivity index (χ0n) is 55.5. The van der Waals surface area contributed by atoms with Crippen LogP contribution in [0.2, 0.25) is 0 Å². The van der Waals surface area contributed by atoms with Crippen molar-refractivity contribution in [2.24, 2.45) is 0 Å². The summed E-state index contributed by atoms with van der Waals surface area (Å²) < 4.78 is 5.60. The SMILES string of the molecule is CCCCCCc1cccc(C2(CCN(C)c3ccc(C=O)cc3)c3cc(Br)ccc3-c3ccc(Br)cc32)c1.CCCCCCc1cccc(C2c3cc(Br)ccc3-c3ccc(Br)cc32)c1.CN(CCI)c1ccc(C=O)cc1.CN(CCO)c1ccc(C=O)cc1.[H-].[Na+]. The van der Waals surface area contributed by atoms with Crippen molar-refractivity contribution in [2.45, 2.75) is 95.8 Å². The molecule has 11 rings (SSSR count). The number of hydrogen-bond donors (Lipinski definition) is 1. The van der Waals surface area contributed by atoms with Crippen LogP contribution in [0, 0.1) is 0 Å². The molecule has 0 fully saturated rings. The maximum absolute atomic E-state index is 11.2. The number of anilines is 3. The summed E-state index contributed by atoms with van der Waals surface area (Å²) in [7, 11) is 6.09. The van der Waals surface area contributed by atoms with Gasteiger partial charge in [0.25, 0.3) is 0 Å². The molecule has 1 N–H and O–H groups in total. The summed E-state index contributed by atoms with van der Waals surface area (Å²) in [6, 6.07) is 68.2. The Balaban J connectivity index is 0.000000219. The van der Waals surface area contributed by atoms with Crippen LogP contribution < -0.4 is 44.3 Å². The first-order chi connectivity index (χ1) is 44.7. The van der Waals surface area contributed by atoms with Crippen LogP contribution in [-0.4, -0.2) is 75.8 Å². The molecule has 0 amide bonds. The molecule has 0 spiro atoms. The number of benzene rings is 9. The zero-order chi connectivity index (χ0) is 65.6. The number of unbranched alkanes of at least 4 members (excludes halogenated alkanes) is 6. The maximum Gasteiger partial charge on any atom is 1.00 e. The third kappa shape index (κ3) is 20.1. The number of fused-ring (bicyclic) bond motifs is 6. The fourth-order valence-electron chi connectivity index (χ4n) is 12.5. The minimum Gasteiger partial charge on any atom is -1.00 e. The van der Waals surface area contributed by atoms with Gasteiger partial charge in [-0.25, -0.2) is 0 Å². The Kier molecular flexibility index (Phi) is 30.9. The molecule has 93 heavy (non-hydrogen) atoms. The summed E-state index contributed by atoms with van der Waals surface area (Å²) >= 11 is 17.3. The molecule has 2 aliphatic rings. The van der Waals surface area contributed by atoms with Gasteiger partial charge in [0.15, 0.2) is 0 Å². The van der Waals surface area contributed by atoms with Crippen molar-refractivity contribution in [3.05, 3.63) is 273 Å². The molecule has 13 heteroatoms. The molecular formula is C80H85Br4IN3NaO4. The number of carbonyl (C=O) groups excluding carboxylic acids is 3. The van der Waals surface area contributed by atoms with Gasteiger partial charge in [0.2, 0.25) is 0 Å². The molecular weight excluding hydrogens is 1540 g/mol. The number of aliphatic hydroxyl groups is 1. The van der Waals surface area contributed by atoms with Crippen LogP contribution in [-0.2, 0) is 18.3 Å². The minimum absolute atomic E-state index is 0. The molecule has 2 aliphatic carbocycles. The second kappa shape index (κ2) is 38.1. The largest absolute Gasteiger partial charge is 1.00 e. The van der Waals surface area contributed by atoms with Gasteiger partial charge < -0.3 is 21.2 Å². The Morgan fingerprint density at radius 2 is 0.860 bits per heavy atom. The number of carbonyl (C=O) groups is 3. The summed E-state index contributed by atoms with van der Waals surface area (Å²) in [5.41, 5.74) is 21.6. The number of aliphatic hydroxyl groups excluding tert-OH is 1. The van der Waals surface area contributed by atoms with Crippen LogP contribution in [0.5, 0.6) is 0 Å². The molecule has 480 valence electrons. The molecule has 0 heterocycles. The van der Waals surface area contributed by atoms with Crippen LogP contribution in [0.3, 0.4) is 0 Å². The number of aryl methyl sites for hydroxylation is 2. The second-order valence-corrected chi connectivity index (χ2v) is 28.5. The summed E-state index contributed by atoms with van der Waals surface area (Å²) in [4.78, 5) is 38.3. The van der Waals surface area contributed by atoms with Crippen LogP contribution in [0.4, 0.5) is 17.1 Å². The fraction of sp³-hybridized carbons (Fsp3) is 0.287. The molecule has 0 aromatic heterocycles. The van der Waals surface area contributed by atoms with E-state index in [1.807, 2.05) is 72.6 Å². The summed E-state index contributed by atoms with van der Waals surface area (Å²) in [6.45, 7) is 7.15. The van der Waals surface area contributed by atoms with Crippen LogP contribution >= 0.6 is 86.3 Å². The van der Waals surface area contributed by atoms with Crippen molar-refractivity contribution >= 4 is 122 Å². The van der Waals surface area contributed by atoms with Crippen molar-refractivity contribution < 1.29 is 50.5 Å². The molecule has 9 aromatic carbocycles. The molecule has 0 radical (unpaired) electrons. The van der Waals surface area contributed by atoms with E-state index in [9.17, 15) is 14.4 Å². The van der Waals surface area contributed by atoms with E-state index in [-0.39, 0.29) is 43.0 Å². The fourth-order valence-corrected chi connectivity index (χ4v) is 14.7. The second-order valence-electron chi connectivity index (χ2n) is 23.8. The van der Waals surface area contributed by atoms with E-state index in [0.717, 1.165) is 89.7 Å². The number of alkyl halides is 1. The van der Waals surface area contributed by atoms with E-state index < -0.39 is 0 Å². The number of rotatable bonds is 25. The predicted molar refractivity (Wildman–Crippen MR) is 411 cm³/mol. The quantitative estimate of drug-likeness (QED) is 0.0201. The number of halogens is 5. The average molecular weight is 1620 g/mol. The van der Waals surface area contributed by atoms with E-state index in [2.05, 4.69) is 245 Å². The molecule has 0 atom stereocenters. The van der Waals surface area contributed by atoms with Crippen LogP contribution in [0.1, 0.15) is 155 Å². The molecule has 9 aromatic rings. The van der Waals surface area contributed by atoms with Crippen molar-refractivity contribution in [1.29, 1.82) is 0 Å². The van der Waals surface area contributed by atoms with Gasteiger partial charge in [-0.15, -0.1) is 0 Å². The molecule has 0 saturated carbocycles. The Morgan fingerprint density at radius 1 is 0.462 bits per heavy atom. The third-order valence-electron chi connectivity index (χ3n) is 17.5. The minimum atomic E-state index is -0.283. The van der Waals surface area contributed by atoms with E-state index in [4.69, 9.17) is 5.11 Å². The Hall–Kier alpha value is -5.00. The average Bonchev–Trinajstić information content (AvgIpc) is 1.55. The Bertz CT molecular complexity index is 3710. The molecule has 0 bridgehead atoms. The summed E-state index contributed by atoms with van der Waals surface area (Å²) in [5.74, 6) is 0.306. The van der Waals surface area contributed by atoms with Crippen molar-refractivity contribution in [3.8, 4) is 22.3 Å². The Labute approximate surface area is 624 Å². The first kappa shape index (κ1) is 75.4. The van der Waals surface area contributed by atoms with E-state index in [1.165, 1.54) is 125 Å². The van der Waals surface area contributed by atoms with Crippen LogP contribution in [0.25, 0.3) is 22.3 Å². The van der Waals surface area contributed by atoms with Gasteiger partial charge in [0, 0.05) is 108 Å². The van der Waals surface area contributed by atoms with Gasteiger partial charge >= 0.3 is 29.6 Å². The number of nitrogens with zero attached hydrogens (tertiary/aromatic N) is 3. The molecule has 0 aliphatic heterocycles. The predicted octanol–water partition coefficient (Wildman–Crippen LogP) is 18.9. The maximum atomic E-state index is 11.2. The van der Waals surface area contributed by atoms with Crippen molar-refractivity contribution in [3.63, 3.8) is 0 Å². The van der Waals surface area contributed by atoms with Gasteiger partial charge in [-0.1, -0.05) is 211 Å². The van der Waals surface area contributed by atoms with Crippen LogP contribution in [0.15, 0.2) is 212 Å². The Morgan fingerprint density at radius 3 is 1.28 bits per heavy atom. The summed E-state index contributed by atoms with van der Waals surface area (Å²) in [5, 5.41) is 8.70. The smallest absolute Gasteiger partial charge is 1.00 e. The standard InChI is InChI=1S/C35H35Br2NO.C25H24Br2.C10H12INO.C10H13NO2.Na.H/c1-3-4-5-6-8-25-9-7-10-27(21-25)35(19-20-38(2)30-15-11-26(24-39)12-16-30)33-22-28(36)13-17-31(33)32-18-14-29(37)23-34(32)35;1-2-3-4-5-7-17-8-6-9-18(14-17)25-23-15-19(26)10-12-21(23)22-13-11-20(27)16-24(22)25;1-12(7-6-11)10-4-2-9(8-13)3-5-10;1-11(6-7-12)10-4-2-9(8-13)3-5-10;;/h7,9-18,21-24H,3-6,8,19-20H2,1-2H3;6,8-16,25H,2-5,7H2,1H3;2-5,8H,6-7H2,1H3;2-5,8,12H,6-7H2,1H3;;/q;;;;+1;-1.